The van der Waals surface area contributed by atoms with Crippen LogP contribution in [0.25, 0.3) is 0 Å². The Morgan fingerprint density at radius 1 is 1.17 bits per heavy atom. The van der Waals surface area contributed by atoms with E-state index in [1.165, 1.54) is 39.0 Å². The van der Waals surface area contributed by atoms with E-state index in [0.717, 1.165) is 11.3 Å². The molecule has 1 aromatic carbocycles. The largest absolute Gasteiger partial charge is 0.326 e. The lowest BCUT2D eigenvalue weighted by atomic mass is 9.90. The second-order valence-electron chi connectivity index (χ2n) is 4.86. The van der Waals surface area contributed by atoms with Crippen molar-refractivity contribution in [1.82, 2.24) is 0 Å². The van der Waals surface area contributed by atoms with Gasteiger partial charge < -0.3 is 5.32 Å². The van der Waals surface area contributed by atoms with Crippen molar-refractivity contribution in [3.05, 3.63) is 29.8 Å². The lowest BCUT2D eigenvalue weighted by Gasteiger charge is -2.15. The fraction of sp³-hybridized carbons (Fsp3) is 0.438. The van der Waals surface area contributed by atoms with Gasteiger partial charge in [0.15, 0.2) is 0 Å². The van der Waals surface area contributed by atoms with Gasteiger partial charge in [-0.15, -0.1) is 0 Å². The number of hydrogen-bond acceptors (Lipinski definition) is 1. The van der Waals surface area contributed by atoms with Gasteiger partial charge in [-0.05, 0) is 37.1 Å². The van der Waals surface area contributed by atoms with Crippen LogP contribution < -0.4 is 5.32 Å². The first-order chi connectivity index (χ1) is 8.74. The van der Waals surface area contributed by atoms with Crippen molar-refractivity contribution in [2.24, 2.45) is 5.92 Å². The van der Waals surface area contributed by atoms with E-state index in [-0.39, 0.29) is 5.91 Å². The first kappa shape index (κ1) is 12.7. The van der Waals surface area contributed by atoms with Gasteiger partial charge in [0.1, 0.15) is 0 Å². The monoisotopic (exact) mass is 241 g/mol. The maximum absolute atomic E-state index is 10.9. The highest BCUT2D eigenvalue weighted by atomic mass is 16.1. The molecule has 2 nitrogen and oxygen atoms in total. The van der Waals surface area contributed by atoms with Gasteiger partial charge in [-0.25, -0.2) is 0 Å². The number of anilines is 1. The normalized spacial score (nSPS) is 15.6. The van der Waals surface area contributed by atoms with Crippen LogP contribution in [0, 0.1) is 17.8 Å². The van der Waals surface area contributed by atoms with Crippen LogP contribution in [0.15, 0.2) is 24.3 Å². The summed E-state index contributed by atoms with van der Waals surface area (Å²) in [7, 11) is 0. The number of hydrogen-bond donors (Lipinski definition) is 1. The second-order valence-corrected chi connectivity index (χ2v) is 4.86. The molecule has 2 rings (SSSR count). The molecular formula is C16H19NO. The molecule has 0 bridgehead atoms. The average Bonchev–Trinajstić information content (AvgIpc) is 2.38. The van der Waals surface area contributed by atoms with Crippen molar-refractivity contribution in [3.63, 3.8) is 0 Å². The molecule has 18 heavy (non-hydrogen) atoms. The molecule has 0 atom stereocenters. The molecule has 94 valence electrons. The summed E-state index contributed by atoms with van der Waals surface area (Å²) in [4.78, 5) is 10.9. The molecule has 0 heterocycles. The molecule has 0 spiro atoms. The van der Waals surface area contributed by atoms with Crippen LogP contribution in [0.5, 0.6) is 0 Å². The molecular weight excluding hydrogens is 222 g/mol. The Labute approximate surface area is 109 Å². The number of carbonyl (C=O) groups excluding carboxylic acids is 1. The van der Waals surface area contributed by atoms with Gasteiger partial charge in [-0.1, -0.05) is 31.1 Å². The van der Waals surface area contributed by atoms with Crippen LogP contribution in [0.3, 0.4) is 0 Å². The van der Waals surface area contributed by atoms with Gasteiger partial charge in [-0.3, -0.25) is 4.79 Å². The van der Waals surface area contributed by atoms with Crippen LogP contribution in [-0.4, -0.2) is 5.91 Å². The third kappa shape index (κ3) is 3.92. The smallest absolute Gasteiger partial charge is 0.221 e. The molecule has 0 radical (unpaired) electrons. The van der Waals surface area contributed by atoms with Gasteiger partial charge in [-0.2, -0.15) is 0 Å². The minimum Gasteiger partial charge on any atom is -0.326 e. The standard InChI is InChI=1S/C16H19NO/c1-13(18)17-16-11-9-15(10-12-16)8-7-14-5-3-2-4-6-14/h9-12,14H,2-6H2,1H3,(H,17,18). The van der Waals surface area contributed by atoms with Crippen molar-refractivity contribution in [3.8, 4) is 11.8 Å². The van der Waals surface area contributed by atoms with Crippen LogP contribution in [0.1, 0.15) is 44.6 Å². The molecule has 1 fully saturated rings. The molecule has 1 saturated carbocycles. The zero-order chi connectivity index (χ0) is 12.8. The van der Waals surface area contributed by atoms with Crippen LogP contribution >= 0.6 is 0 Å². The van der Waals surface area contributed by atoms with Crippen molar-refractivity contribution in [1.29, 1.82) is 0 Å². The van der Waals surface area contributed by atoms with Gasteiger partial charge in [0.2, 0.25) is 5.91 Å². The fourth-order valence-electron chi connectivity index (χ4n) is 2.27. The maximum atomic E-state index is 10.9. The van der Waals surface area contributed by atoms with Gasteiger partial charge >= 0.3 is 0 Å². The number of benzene rings is 1. The summed E-state index contributed by atoms with van der Waals surface area (Å²) in [6.07, 6.45) is 6.50. The number of rotatable bonds is 1. The van der Waals surface area contributed by atoms with E-state index in [0.29, 0.717) is 5.92 Å². The predicted molar refractivity (Wildman–Crippen MR) is 74.2 cm³/mol. The summed E-state index contributed by atoms with van der Waals surface area (Å²) in [6, 6.07) is 7.71. The van der Waals surface area contributed by atoms with Crippen molar-refractivity contribution < 1.29 is 4.79 Å². The SMILES string of the molecule is CC(=O)Nc1ccc(C#CC2CCCCC2)cc1. The average molecular weight is 241 g/mol. The zero-order valence-corrected chi connectivity index (χ0v) is 10.8. The predicted octanol–water partition coefficient (Wildman–Crippen LogP) is 3.58. The quantitative estimate of drug-likeness (QED) is 0.748. The van der Waals surface area contributed by atoms with Crippen molar-refractivity contribution in [2.75, 3.05) is 5.32 Å². The van der Waals surface area contributed by atoms with E-state index in [4.69, 9.17) is 0 Å². The molecule has 2 heteroatoms. The highest BCUT2D eigenvalue weighted by molar-refractivity contribution is 5.88. The minimum absolute atomic E-state index is 0.0453. The topological polar surface area (TPSA) is 29.1 Å². The van der Waals surface area contributed by atoms with Crippen molar-refractivity contribution >= 4 is 11.6 Å². The first-order valence-corrected chi connectivity index (χ1v) is 6.63. The molecule has 1 amide bonds. The van der Waals surface area contributed by atoms with E-state index in [1.807, 2.05) is 24.3 Å². The third-order valence-corrected chi connectivity index (χ3v) is 3.23. The highest BCUT2D eigenvalue weighted by Crippen LogP contribution is 2.22. The minimum atomic E-state index is -0.0453. The van der Waals surface area contributed by atoms with Gasteiger partial charge in [0, 0.05) is 24.1 Å². The number of carbonyl (C=O) groups is 1. The molecule has 0 saturated heterocycles. The Bertz CT molecular complexity index is 458. The molecule has 1 aromatic rings. The summed E-state index contributed by atoms with van der Waals surface area (Å²) in [5.74, 6) is 7.13. The molecule has 1 aliphatic rings. The molecule has 0 aliphatic heterocycles. The third-order valence-electron chi connectivity index (χ3n) is 3.23. The summed E-state index contributed by atoms with van der Waals surface area (Å²) in [6.45, 7) is 1.51. The second kappa shape index (κ2) is 6.26. The number of amides is 1. The zero-order valence-electron chi connectivity index (χ0n) is 10.8. The van der Waals surface area contributed by atoms with Gasteiger partial charge in [0.25, 0.3) is 0 Å². The lowest BCUT2D eigenvalue weighted by molar-refractivity contribution is -0.114. The molecule has 1 aliphatic carbocycles. The Morgan fingerprint density at radius 3 is 2.44 bits per heavy atom. The Balaban J connectivity index is 1.97. The van der Waals surface area contributed by atoms with Crippen LogP contribution in [-0.2, 0) is 4.79 Å². The summed E-state index contributed by atoms with van der Waals surface area (Å²) in [5, 5.41) is 2.75. The van der Waals surface area contributed by atoms with E-state index in [1.54, 1.807) is 0 Å². The van der Waals surface area contributed by atoms with Crippen LogP contribution in [0.2, 0.25) is 0 Å². The Hall–Kier alpha value is -1.75. The lowest BCUT2D eigenvalue weighted by Crippen LogP contribution is -2.05. The Morgan fingerprint density at radius 2 is 1.83 bits per heavy atom. The Kier molecular flexibility index (Phi) is 4.41. The maximum Gasteiger partial charge on any atom is 0.221 e. The molecule has 0 aromatic heterocycles. The van der Waals surface area contributed by atoms with Crippen LogP contribution in [0.4, 0.5) is 5.69 Å². The summed E-state index contributed by atoms with van der Waals surface area (Å²) < 4.78 is 0. The van der Waals surface area contributed by atoms with E-state index < -0.39 is 0 Å². The van der Waals surface area contributed by atoms with E-state index in [2.05, 4.69) is 17.2 Å². The number of nitrogens with one attached hydrogen (secondary N) is 1. The first-order valence-electron chi connectivity index (χ1n) is 6.63. The van der Waals surface area contributed by atoms with Gasteiger partial charge in [0.05, 0.1) is 0 Å². The molecule has 0 unspecified atom stereocenters. The summed E-state index contributed by atoms with van der Waals surface area (Å²) >= 11 is 0. The fourth-order valence-corrected chi connectivity index (χ4v) is 2.27. The van der Waals surface area contributed by atoms with Crippen molar-refractivity contribution in [2.45, 2.75) is 39.0 Å². The summed E-state index contributed by atoms with van der Waals surface area (Å²) in [5.41, 5.74) is 1.85. The van der Waals surface area contributed by atoms with E-state index in [9.17, 15) is 4.79 Å². The highest BCUT2D eigenvalue weighted by Gasteiger charge is 2.09. The van der Waals surface area contributed by atoms with E-state index >= 15 is 0 Å². The molecule has 1 N–H and O–H groups in total.